The Hall–Kier alpha value is -1.88. The molecule has 2 rings (SSSR count). The lowest BCUT2D eigenvalue weighted by Gasteiger charge is -2.24. The summed E-state index contributed by atoms with van der Waals surface area (Å²) in [5.74, 6) is 0.739. The van der Waals surface area contributed by atoms with Gasteiger partial charge in [-0.15, -0.1) is 11.3 Å². The number of hydrogen-bond acceptors (Lipinski definition) is 4. The van der Waals surface area contributed by atoms with Gasteiger partial charge in [-0.05, 0) is 37.4 Å². The Morgan fingerprint density at radius 2 is 2.30 bits per heavy atom. The minimum absolute atomic E-state index is 0.00690. The second-order valence-electron chi connectivity index (χ2n) is 4.57. The summed E-state index contributed by atoms with van der Waals surface area (Å²) in [5, 5.41) is 5.15. The fraction of sp³-hybridized carbons (Fsp3) is 0.333. The molecule has 4 nitrogen and oxygen atoms in total. The largest absolute Gasteiger partial charge is 0.370 e. The Balaban J connectivity index is 2.16. The van der Waals surface area contributed by atoms with E-state index in [0.717, 1.165) is 12.4 Å². The van der Waals surface area contributed by atoms with E-state index in [2.05, 4.69) is 16.4 Å². The predicted octanol–water partition coefficient (Wildman–Crippen LogP) is 3.41. The van der Waals surface area contributed by atoms with Gasteiger partial charge in [-0.3, -0.25) is 4.79 Å². The van der Waals surface area contributed by atoms with Gasteiger partial charge < -0.3 is 10.2 Å². The van der Waals surface area contributed by atoms with Gasteiger partial charge in [-0.2, -0.15) is 0 Å². The zero-order chi connectivity index (χ0) is 14.5. The van der Waals surface area contributed by atoms with E-state index in [0.29, 0.717) is 5.56 Å². The zero-order valence-corrected chi connectivity index (χ0v) is 12.8. The highest BCUT2D eigenvalue weighted by Crippen LogP contribution is 2.24. The normalized spacial score (nSPS) is 11.9. The number of nitrogens with zero attached hydrogens (tertiary/aromatic N) is 2. The summed E-state index contributed by atoms with van der Waals surface area (Å²) in [6, 6.07) is 7.67. The van der Waals surface area contributed by atoms with E-state index in [4.69, 9.17) is 0 Å². The molecule has 5 heteroatoms. The van der Waals surface area contributed by atoms with Gasteiger partial charge in [0.25, 0.3) is 5.91 Å². The lowest BCUT2D eigenvalue weighted by atomic mass is 10.2. The van der Waals surface area contributed by atoms with E-state index < -0.39 is 0 Å². The number of carbonyl (C=O) groups is 1. The van der Waals surface area contributed by atoms with Gasteiger partial charge in [0.1, 0.15) is 5.82 Å². The summed E-state index contributed by atoms with van der Waals surface area (Å²) in [7, 11) is 1.83. The molecule has 1 amide bonds. The molecule has 0 spiro atoms. The Labute approximate surface area is 123 Å². The van der Waals surface area contributed by atoms with Gasteiger partial charge >= 0.3 is 0 Å². The van der Waals surface area contributed by atoms with Gasteiger partial charge in [0.05, 0.1) is 6.04 Å². The maximum absolute atomic E-state index is 12.5. The molecule has 2 aromatic rings. The second kappa shape index (κ2) is 6.52. The molecule has 0 fully saturated rings. The molecule has 0 aromatic carbocycles. The quantitative estimate of drug-likeness (QED) is 0.917. The topological polar surface area (TPSA) is 45.2 Å². The van der Waals surface area contributed by atoms with E-state index >= 15 is 0 Å². The van der Waals surface area contributed by atoms with Crippen LogP contribution >= 0.6 is 11.3 Å². The number of anilines is 1. The summed E-state index contributed by atoms with van der Waals surface area (Å²) in [6.45, 7) is 4.82. The van der Waals surface area contributed by atoms with Gasteiger partial charge in [0.15, 0.2) is 0 Å². The Bertz CT molecular complexity index is 568. The molecule has 0 bridgehead atoms. The van der Waals surface area contributed by atoms with Crippen LogP contribution in [0.4, 0.5) is 5.82 Å². The number of amides is 1. The third-order valence-corrected chi connectivity index (χ3v) is 4.26. The van der Waals surface area contributed by atoms with Crippen molar-refractivity contribution in [1.29, 1.82) is 0 Å². The van der Waals surface area contributed by atoms with Crippen molar-refractivity contribution >= 4 is 23.1 Å². The Morgan fingerprint density at radius 1 is 1.50 bits per heavy atom. The molecule has 0 saturated carbocycles. The number of carbonyl (C=O) groups excluding carboxylic acids is 1. The van der Waals surface area contributed by atoms with Crippen molar-refractivity contribution in [2.75, 3.05) is 18.9 Å². The molecular weight excluding hydrogens is 270 g/mol. The van der Waals surface area contributed by atoms with E-state index in [1.807, 2.05) is 32.3 Å². The van der Waals surface area contributed by atoms with Crippen LogP contribution < -0.4 is 5.32 Å². The number of thiophene rings is 1. The van der Waals surface area contributed by atoms with Crippen LogP contribution in [-0.4, -0.2) is 29.4 Å². The molecule has 2 aromatic heterocycles. The smallest absolute Gasteiger partial charge is 0.254 e. The summed E-state index contributed by atoms with van der Waals surface area (Å²) in [5.41, 5.74) is 0.654. The van der Waals surface area contributed by atoms with E-state index in [9.17, 15) is 4.79 Å². The molecule has 1 N–H and O–H groups in total. The highest BCUT2D eigenvalue weighted by molar-refractivity contribution is 7.10. The van der Waals surface area contributed by atoms with Crippen LogP contribution in [0.15, 0.2) is 35.8 Å². The van der Waals surface area contributed by atoms with Crippen LogP contribution in [0.25, 0.3) is 0 Å². The number of pyridine rings is 1. The third-order valence-electron chi connectivity index (χ3n) is 3.22. The minimum Gasteiger partial charge on any atom is -0.370 e. The van der Waals surface area contributed by atoms with E-state index in [1.54, 1.807) is 34.6 Å². The fourth-order valence-electron chi connectivity index (χ4n) is 1.94. The summed E-state index contributed by atoms with van der Waals surface area (Å²) >= 11 is 1.66. The lowest BCUT2D eigenvalue weighted by Crippen LogP contribution is -2.29. The molecule has 106 valence electrons. The molecule has 2 heterocycles. The first-order valence-electron chi connectivity index (χ1n) is 6.64. The molecule has 0 aliphatic carbocycles. The van der Waals surface area contributed by atoms with Crippen molar-refractivity contribution in [3.63, 3.8) is 0 Å². The number of aromatic nitrogens is 1. The average molecular weight is 289 g/mol. The number of hydrogen-bond donors (Lipinski definition) is 1. The van der Waals surface area contributed by atoms with Crippen molar-refractivity contribution in [2.24, 2.45) is 0 Å². The number of nitrogens with one attached hydrogen (secondary N) is 1. The van der Waals surface area contributed by atoms with Crippen LogP contribution in [0, 0.1) is 0 Å². The number of rotatable bonds is 5. The minimum atomic E-state index is 0.00690. The summed E-state index contributed by atoms with van der Waals surface area (Å²) < 4.78 is 0. The van der Waals surface area contributed by atoms with Gasteiger partial charge in [-0.1, -0.05) is 6.07 Å². The van der Waals surface area contributed by atoms with Crippen molar-refractivity contribution in [3.05, 3.63) is 46.3 Å². The molecule has 0 radical (unpaired) electrons. The third kappa shape index (κ3) is 3.17. The SMILES string of the molecule is CCNc1cc(C(=O)N(C)C(C)c2cccs2)ccn1. The average Bonchev–Trinajstić information content (AvgIpc) is 3.00. The molecular formula is C15H19N3OS. The van der Waals surface area contributed by atoms with Crippen molar-refractivity contribution in [3.8, 4) is 0 Å². The van der Waals surface area contributed by atoms with E-state index in [1.165, 1.54) is 4.88 Å². The monoisotopic (exact) mass is 289 g/mol. The maximum Gasteiger partial charge on any atom is 0.254 e. The summed E-state index contributed by atoms with van der Waals surface area (Å²) in [4.78, 5) is 19.6. The standard InChI is InChI=1S/C15H19N3OS/c1-4-16-14-10-12(7-8-17-14)15(19)18(3)11(2)13-6-5-9-20-13/h5-11H,4H2,1-3H3,(H,16,17). The van der Waals surface area contributed by atoms with Gasteiger partial charge in [-0.25, -0.2) is 4.98 Å². The van der Waals surface area contributed by atoms with Crippen LogP contribution in [0.3, 0.4) is 0 Å². The molecule has 0 aliphatic rings. The van der Waals surface area contributed by atoms with Crippen LogP contribution in [0.1, 0.15) is 35.1 Å². The molecule has 0 aliphatic heterocycles. The van der Waals surface area contributed by atoms with Gasteiger partial charge in [0, 0.05) is 30.2 Å². The first-order valence-corrected chi connectivity index (χ1v) is 7.52. The summed E-state index contributed by atoms with van der Waals surface area (Å²) in [6.07, 6.45) is 1.66. The van der Waals surface area contributed by atoms with Crippen molar-refractivity contribution in [2.45, 2.75) is 19.9 Å². The first kappa shape index (κ1) is 14.5. The highest BCUT2D eigenvalue weighted by Gasteiger charge is 2.19. The highest BCUT2D eigenvalue weighted by atomic mass is 32.1. The first-order chi connectivity index (χ1) is 9.63. The van der Waals surface area contributed by atoms with Crippen LogP contribution in [0.5, 0.6) is 0 Å². The zero-order valence-electron chi connectivity index (χ0n) is 12.0. The van der Waals surface area contributed by atoms with Crippen molar-refractivity contribution in [1.82, 2.24) is 9.88 Å². The second-order valence-corrected chi connectivity index (χ2v) is 5.55. The fourth-order valence-corrected chi connectivity index (χ4v) is 2.77. The maximum atomic E-state index is 12.5. The van der Waals surface area contributed by atoms with Crippen LogP contribution in [-0.2, 0) is 0 Å². The Morgan fingerprint density at radius 3 is 2.95 bits per heavy atom. The van der Waals surface area contributed by atoms with Crippen molar-refractivity contribution < 1.29 is 4.79 Å². The lowest BCUT2D eigenvalue weighted by molar-refractivity contribution is 0.0745. The molecule has 1 atom stereocenters. The van der Waals surface area contributed by atoms with E-state index in [-0.39, 0.29) is 11.9 Å². The predicted molar refractivity (Wildman–Crippen MR) is 83.2 cm³/mol. The molecule has 20 heavy (non-hydrogen) atoms. The van der Waals surface area contributed by atoms with Gasteiger partial charge in [0.2, 0.25) is 0 Å². The molecule has 1 unspecified atom stereocenters. The molecule has 0 saturated heterocycles. The Kier molecular flexibility index (Phi) is 4.74. The van der Waals surface area contributed by atoms with Crippen LogP contribution in [0.2, 0.25) is 0 Å².